The first-order valence-corrected chi connectivity index (χ1v) is 14.3. The van der Waals surface area contributed by atoms with E-state index in [0.717, 1.165) is 55.3 Å². The van der Waals surface area contributed by atoms with Crippen molar-refractivity contribution in [2.24, 2.45) is 0 Å². The number of sulfonamides is 1. The average molecular weight is 502 g/mol. The highest BCUT2D eigenvalue weighted by Gasteiger charge is 2.36. The first-order valence-electron chi connectivity index (χ1n) is 12.9. The monoisotopic (exact) mass is 501 g/mol. The maximum Gasteiger partial charge on any atom is 0.249 e. The molecule has 0 saturated carbocycles. The van der Waals surface area contributed by atoms with Crippen molar-refractivity contribution in [3.63, 3.8) is 0 Å². The number of fused-ring (bicyclic) bond motifs is 1. The lowest BCUT2D eigenvalue weighted by molar-refractivity contribution is -0.140. The Labute approximate surface area is 210 Å². The maximum absolute atomic E-state index is 13.7. The Bertz CT molecular complexity index is 1130. The van der Waals surface area contributed by atoms with Gasteiger partial charge < -0.3 is 14.2 Å². The number of hydrogen-bond donors (Lipinski definition) is 0. The fourth-order valence-corrected chi connectivity index (χ4v) is 7.95. The zero-order valence-corrected chi connectivity index (χ0v) is 22.3. The number of carbonyl (C=O) groups excluding carboxylic acids is 1. The van der Waals surface area contributed by atoms with E-state index < -0.39 is 10.0 Å². The van der Waals surface area contributed by atoms with Crippen LogP contribution < -0.4 is 0 Å². The number of carbonyl (C=O) groups is 1. The molecule has 7 nitrogen and oxygen atoms in total. The zero-order chi connectivity index (χ0) is 25.2. The maximum atomic E-state index is 13.7. The van der Waals surface area contributed by atoms with Gasteiger partial charge in [0.1, 0.15) is 6.61 Å². The molecule has 2 aromatic rings. The molecule has 0 spiro atoms. The third-order valence-electron chi connectivity index (χ3n) is 7.33. The van der Waals surface area contributed by atoms with E-state index in [2.05, 4.69) is 23.8 Å². The highest BCUT2D eigenvalue weighted by atomic mass is 32.2. The number of aromatic nitrogens is 1. The lowest BCUT2D eigenvalue weighted by Crippen LogP contribution is -2.47. The normalized spacial score (nSPS) is 21.2. The van der Waals surface area contributed by atoms with Gasteiger partial charge in [0.25, 0.3) is 0 Å². The van der Waals surface area contributed by atoms with Crippen molar-refractivity contribution in [1.29, 1.82) is 0 Å². The molecule has 1 saturated heterocycles. The summed E-state index contributed by atoms with van der Waals surface area (Å²) in [4.78, 5) is 15.5. The quantitative estimate of drug-likeness (QED) is 0.539. The van der Waals surface area contributed by atoms with Crippen LogP contribution >= 0.6 is 0 Å². The standard InChI is InChI=1S/C27H39N3O4S/c1-5-9-25-24-11-8-12-28(24)14-15-29(25)26(31)19-34-18-23-10-6-7-13-30(23)35(32,33)27-21(3)16-20(2)17-22(27)4/h8,11-12,16-17,23,25H,5-7,9-10,13-15,18-19H2,1-4H3. The van der Waals surface area contributed by atoms with Crippen molar-refractivity contribution in [3.05, 3.63) is 52.8 Å². The summed E-state index contributed by atoms with van der Waals surface area (Å²) in [6, 6.07) is 7.80. The number of ether oxygens (including phenoxy) is 1. The third-order valence-corrected chi connectivity index (χ3v) is 9.58. The molecule has 2 aliphatic heterocycles. The van der Waals surface area contributed by atoms with Crippen molar-refractivity contribution in [1.82, 2.24) is 13.8 Å². The van der Waals surface area contributed by atoms with Crippen molar-refractivity contribution >= 4 is 15.9 Å². The Morgan fingerprint density at radius 1 is 1.09 bits per heavy atom. The fraction of sp³-hybridized carbons (Fsp3) is 0.593. The van der Waals surface area contributed by atoms with Gasteiger partial charge in [-0.1, -0.05) is 37.5 Å². The van der Waals surface area contributed by atoms with Gasteiger partial charge in [-0.3, -0.25) is 4.79 Å². The van der Waals surface area contributed by atoms with Crippen LogP contribution in [0.3, 0.4) is 0 Å². The minimum absolute atomic E-state index is 0.0199. The van der Waals surface area contributed by atoms with Gasteiger partial charge in [0.15, 0.2) is 0 Å². The van der Waals surface area contributed by atoms with Gasteiger partial charge in [-0.15, -0.1) is 0 Å². The predicted octanol–water partition coefficient (Wildman–Crippen LogP) is 4.36. The summed E-state index contributed by atoms with van der Waals surface area (Å²) >= 11 is 0. The molecule has 4 rings (SSSR count). The van der Waals surface area contributed by atoms with Gasteiger partial charge in [-0.05, 0) is 63.3 Å². The predicted molar refractivity (Wildman–Crippen MR) is 137 cm³/mol. The Morgan fingerprint density at radius 2 is 1.83 bits per heavy atom. The lowest BCUT2D eigenvalue weighted by atomic mass is 10.0. The molecule has 0 bridgehead atoms. The van der Waals surface area contributed by atoms with Crippen LogP contribution in [0.5, 0.6) is 0 Å². The molecule has 35 heavy (non-hydrogen) atoms. The van der Waals surface area contributed by atoms with Crippen molar-refractivity contribution in [2.75, 3.05) is 26.3 Å². The number of aryl methyl sites for hydroxylation is 3. The van der Waals surface area contributed by atoms with Crippen molar-refractivity contribution in [2.45, 2.75) is 83.3 Å². The number of hydrogen-bond acceptors (Lipinski definition) is 4. The topological polar surface area (TPSA) is 71.8 Å². The molecule has 0 aliphatic carbocycles. The number of nitrogens with zero attached hydrogens (tertiary/aromatic N) is 3. The second-order valence-corrected chi connectivity index (χ2v) is 11.9. The van der Waals surface area contributed by atoms with Gasteiger partial charge in [0.2, 0.25) is 15.9 Å². The molecular weight excluding hydrogens is 462 g/mol. The van der Waals surface area contributed by atoms with Crippen LogP contribution in [0.2, 0.25) is 0 Å². The smallest absolute Gasteiger partial charge is 0.249 e. The Kier molecular flexibility index (Phi) is 8.03. The molecule has 0 radical (unpaired) electrons. The molecule has 1 amide bonds. The Morgan fingerprint density at radius 3 is 2.54 bits per heavy atom. The summed E-state index contributed by atoms with van der Waals surface area (Å²) in [6.45, 7) is 10.0. The van der Waals surface area contributed by atoms with Gasteiger partial charge in [-0.2, -0.15) is 4.31 Å². The lowest BCUT2D eigenvalue weighted by Gasteiger charge is -2.37. The molecule has 1 aromatic carbocycles. The summed E-state index contributed by atoms with van der Waals surface area (Å²) < 4.78 is 37.1. The molecule has 3 heterocycles. The highest BCUT2D eigenvalue weighted by Crippen LogP contribution is 2.32. The summed E-state index contributed by atoms with van der Waals surface area (Å²) in [5, 5.41) is 0. The van der Waals surface area contributed by atoms with Gasteiger partial charge in [0.05, 0.1) is 17.5 Å². The minimum Gasteiger partial charge on any atom is -0.370 e. The van der Waals surface area contributed by atoms with Crippen molar-refractivity contribution < 1.29 is 17.9 Å². The Hall–Kier alpha value is -2.16. The first kappa shape index (κ1) is 25.9. The number of piperidine rings is 1. The van der Waals surface area contributed by atoms with E-state index in [0.29, 0.717) is 18.0 Å². The van der Waals surface area contributed by atoms with Gasteiger partial charge >= 0.3 is 0 Å². The van der Waals surface area contributed by atoms with E-state index in [1.165, 1.54) is 5.69 Å². The molecule has 0 N–H and O–H groups in total. The molecule has 8 heteroatoms. The molecule has 2 atom stereocenters. The van der Waals surface area contributed by atoms with E-state index in [1.807, 2.05) is 43.9 Å². The van der Waals surface area contributed by atoms with E-state index in [9.17, 15) is 13.2 Å². The molecule has 1 fully saturated rings. The third kappa shape index (κ3) is 5.34. The van der Waals surface area contributed by atoms with Crippen LogP contribution in [-0.4, -0.2) is 60.4 Å². The minimum atomic E-state index is -3.65. The number of rotatable bonds is 8. The molecule has 1 aromatic heterocycles. The van der Waals surface area contributed by atoms with Crippen LogP contribution in [-0.2, 0) is 26.1 Å². The molecule has 2 aliphatic rings. The summed E-state index contributed by atoms with van der Waals surface area (Å²) in [5.41, 5.74) is 3.79. The molecular formula is C27H39N3O4S. The highest BCUT2D eigenvalue weighted by molar-refractivity contribution is 7.89. The largest absolute Gasteiger partial charge is 0.370 e. The average Bonchev–Trinajstić information content (AvgIpc) is 3.28. The SMILES string of the molecule is CCCC1c2cccn2CCN1C(=O)COCC1CCCCN1S(=O)(=O)c1c(C)cc(C)cc1C. The van der Waals surface area contributed by atoms with E-state index in [4.69, 9.17) is 4.74 Å². The summed E-state index contributed by atoms with van der Waals surface area (Å²) in [5.74, 6) is -0.0219. The van der Waals surface area contributed by atoms with Gasteiger partial charge in [0, 0.05) is 37.6 Å². The first-order chi connectivity index (χ1) is 16.7. The van der Waals surface area contributed by atoms with E-state index >= 15 is 0 Å². The van der Waals surface area contributed by atoms with Crippen LogP contribution in [0.4, 0.5) is 0 Å². The van der Waals surface area contributed by atoms with Gasteiger partial charge in [-0.25, -0.2) is 8.42 Å². The fourth-order valence-electron chi connectivity index (χ4n) is 5.85. The van der Waals surface area contributed by atoms with Crippen LogP contribution in [0.15, 0.2) is 35.4 Å². The number of benzene rings is 1. The van der Waals surface area contributed by atoms with Crippen LogP contribution in [0.1, 0.15) is 67.5 Å². The van der Waals surface area contributed by atoms with Crippen LogP contribution in [0.25, 0.3) is 0 Å². The van der Waals surface area contributed by atoms with E-state index in [-0.39, 0.29) is 31.2 Å². The Balaban J connectivity index is 1.43. The van der Waals surface area contributed by atoms with E-state index in [1.54, 1.807) is 4.31 Å². The van der Waals surface area contributed by atoms with Crippen molar-refractivity contribution in [3.8, 4) is 0 Å². The molecule has 2 unspecified atom stereocenters. The number of amides is 1. The summed E-state index contributed by atoms with van der Waals surface area (Å²) in [7, 11) is -3.65. The second-order valence-electron chi connectivity index (χ2n) is 10.0. The van der Waals surface area contributed by atoms with Crippen LogP contribution in [0, 0.1) is 20.8 Å². The zero-order valence-electron chi connectivity index (χ0n) is 21.5. The summed E-state index contributed by atoms with van der Waals surface area (Å²) in [6.07, 6.45) is 6.53. The second kappa shape index (κ2) is 10.8. The molecule has 192 valence electrons.